The summed E-state index contributed by atoms with van der Waals surface area (Å²) in [6, 6.07) is 0.788. The van der Waals surface area contributed by atoms with Crippen LogP contribution in [-0.4, -0.2) is 42.0 Å². The molecule has 0 atom stereocenters. The molecule has 0 aromatic carbocycles. The van der Waals surface area contributed by atoms with Crippen molar-refractivity contribution < 1.29 is 9.53 Å². The Bertz CT molecular complexity index is 230. The highest BCUT2D eigenvalue weighted by molar-refractivity contribution is 6.27. The van der Waals surface area contributed by atoms with Crippen LogP contribution >= 0.6 is 11.6 Å². The molecule has 0 spiro atoms. The van der Waals surface area contributed by atoms with E-state index in [9.17, 15) is 4.79 Å². The fourth-order valence-electron chi connectivity index (χ4n) is 3.10. The molecule has 1 aliphatic carbocycles. The van der Waals surface area contributed by atoms with Crippen LogP contribution in [0.25, 0.3) is 0 Å². The number of ether oxygens (including phenoxy) is 1. The average Bonchev–Trinajstić information content (AvgIpc) is 2.41. The second-order valence-corrected chi connectivity index (χ2v) is 5.34. The van der Waals surface area contributed by atoms with E-state index >= 15 is 0 Å². The number of hydrogen-bond acceptors (Lipinski definition) is 2. The van der Waals surface area contributed by atoms with E-state index in [-0.39, 0.29) is 11.8 Å². The van der Waals surface area contributed by atoms with Gasteiger partial charge in [0.25, 0.3) is 0 Å². The molecule has 2 aliphatic rings. The maximum atomic E-state index is 12.1. The van der Waals surface area contributed by atoms with Gasteiger partial charge in [-0.25, -0.2) is 0 Å². The van der Waals surface area contributed by atoms with Crippen molar-refractivity contribution in [3.8, 4) is 0 Å². The van der Waals surface area contributed by atoms with Crippen LogP contribution in [0.2, 0.25) is 0 Å². The number of carbonyl (C=O) groups excluding carboxylic acids is 1. The molecule has 3 nitrogen and oxygen atoms in total. The molecule has 1 saturated carbocycles. The number of nitrogens with zero attached hydrogens (tertiary/aromatic N) is 1. The average molecular weight is 260 g/mol. The van der Waals surface area contributed by atoms with Crippen molar-refractivity contribution in [3.63, 3.8) is 0 Å². The lowest BCUT2D eigenvalue weighted by molar-refractivity contribution is -0.136. The maximum Gasteiger partial charge on any atom is 0.237 e. The number of amides is 1. The van der Waals surface area contributed by atoms with Gasteiger partial charge in [-0.1, -0.05) is 19.3 Å². The highest BCUT2D eigenvalue weighted by Crippen LogP contribution is 2.27. The van der Waals surface area contributed by atoms with E-state index in [1.807, 2.05) is 0 Å². The van der Waals surface area contributed by atoms with Gasteiger partial charge in [0, 0.05) is 25.3 Å². The second kappa shape index (κ2) is 6.60. The molecule has 4 heteroatoms. The Hall–Kier alpha value is -0.280. The largest absolute Gasteiger partial charge is 0.381 e. The molecule has 2 fully saturated rings. The fraction of sp³-hybridized carbons (Fsp3) is 0.923. The summed E-state index contributed by atoms with van der Waals surface area (Å²) in [5, 5.41) is 0. The second-order valence-electron chi connectivity index (χ2n) is 5.07. The van der Waals surface area contributed by atoms with Crippen molar-refractivity contribution in [3.05, 3.63) is 0 Å². The summed E-state index contributed by atoms with van der Waals surface area (Å²) in [4.78, 5) is 14.2. The van der Waals surface area contributed by atoms with Gasteiger partial charge in [0.05, 0.1) is 0 Å². The highest BCUT2D eigenvalue weighted by atomic mass is 35.5. The van der Waals surface area contributed by atoms with Gasteiger partial charge in [-0.3, -0.25) is 4.79 Å². The molecular formula is C13H22ClNO2. The third-order valence-corrected chi connectivity index (χ3v) is 4.18. The van der Waals surface area contributed by atoms with Crippen LogP contribution in [-0.2, 0) is 9.53 Å². The lowest BCUT2D eigenvalue weighted by Gasteiger charge is -2.41. The molecule has 98 valence electrons. The molecular weight excluding hydrogens is 238 g/mol. The van der Waals surface area contributed by atoms with Crippen molar-refractivity contribution in [1.82, 2.24) is 4.90 Å². The zero-order valence-electron chi connectivity index (χ0n) is 10.4. The number of rotatable bonds is 3. The number of hydrogen-bond donors (Lipinski definition) is 0. The Labute approximate surface area is 108 Å². The molecule has 1 heterocycles. The molecule has 0 bridgehead atoms. The van der Waals surface area contributed by atoms with E-state index in [4.69, 9.17) is 16.3 Å². The summed E-state index contributed by atoms with van der Waals surface area (Å²) in [6.07, 6.45) is 8.06. The quantitative estimate of drug-likeness (QED) is 0.729. The Balaban J connectivity index is 2.02. The smallest absolute Gasteiger partial charge is 0.237 e. The predicted molar refractivity (Wildman–Crippen MR) is 68.3 cm³/mol. The van der Waals surface area contributed by atoms with Crippen molar-refractivity contribution >= 4 is 17.5 Å². The van der Waals surface area contributed by atoms with Crippen molar-refractivity contribution in [2.24, 2.45) is 0 Å². The molecule has 17 heavy (non-hydrogen) atoms. The Kier molecular flexibility index (Phi) is 5.11. The zero-order valence-corrected chi connectivity index (χ0v) is 11.1. The van der Waals surface area contributed by atoms with Crippen LogP contribution < -0.4 is 0 Å². The van der Waals surface area contributed by atoms with E-state index in [0.717, 1.165) is 38.9 Å². The number of alkyl halides is 1. The first-order valence-corrected chi connectivity index (χ1v) is 7.31. The molecule has 1 amide bonds. The highest BCUT2D eigenvalue weighted by Gasteiger charge is 2.31. The number of halogens is 1. The molecule has 2 rings (SSSR count). The third-order valence-electron chi connectivity index (χ3n) is 3.95. The summed E-state index contributed by atoms with van der Waals surface area (Å²) in [5.41, 5.74) is 0. The predicted octanol–water partition coefficient (Wildman–Crippen LogP) is 2.57. The first-order chi connectivity index (χ1) is 8.33. The summed E-state index contributed by atoms with van der Waals surface area (Å²) in [7, 11) is 0. The van der Waals surface area contributed by atoms with Crippen LogP contribution in [0.4, 0.5) is 0 Å². The molecule has 0 radical (unpaired) electrons. The van der Waals surface area contributed by atoms with Crippen LogP contribution in [0.1, 0.15) is 44.9 Å². The van der Waals surface area contributed by atoms with Gasteiger partial charge >= 0.3 is 0 Å². The monoisotopic (exact) mass is 259 g/mol. The van der Waals surface area contributed by atoms with E-state index < -0.39 is 0 Å². The normalized spacial score (nSPS) is 23.6. The number of carbonyl (C=O) groups is 1. The minimum atomic E-state index is 0.116. The fourth-order valence-corrected chi connectivity index (χ4v) is 3.23. The van der Waals surface area contributed by atoms with Gasteiger partial charge in [-0.15, -0.1) is 11.6 Å². The maximum absolute atomic E-state index is 12.1. The van der Waals surface area contributed by atoms with Gasteiger partial charge < -0.3 is 9.64 Å². The van der Waals surface area contributed by atoms with Gasteiger partial charge in [0.15, 0.2) is 0 Å². The minimum Gasteiger partial charge on any atom is -0.381 e. The summed E-state index contributed by atoms with van der Waals surface area (Å²) < 4.78 is 5.38. The van der Waals surface area contributed by atoms with Crippen molar-refractivity contribution in [2.75, 3.05) is 19.1 Å². The van der Waals surface area contributed by atoms with Crippen LogP contribution in [0.5, 0.6) is 0 Å². The Morgan fingerprint density at radius 3 is 2.24 bits per heavy atom. The molecule has 1 aliphatic heterocycles. The van der Waals surface area contributed by atoms with E-state index in [1.165, 1.54) is 19.3 Å². The van der Waals surface area contributed by atoms with Gasteiger partial charge in [0.1, 0.15) is 5.88 Å². The van der Waals surface area contributed by atoms with Crippen LogP contribution in [0, 0.1) is 0 Å². The lowest BCUT2D eigenvalue weighted by Crippen LogP contribution is -2.50. The zero-order chi connectivity index (χ0) is 12.1. The lowest BCUT2D eigenvalue weighted by atomic mass is 9.92. The summed E-state index contributed by atoms with van der Waals surface area (Å²) in [6.45, 7) is 1.56. The van der Waals surface area contributed by atoms with E-state index in [1.54, 1.807) is 0 Å². The minimum absolute atomic E-state index is 0.116. The van der Waals surface area contributed by atoms with Gasteiger partial charge in [-0.05, 0) is 25.7 Å². The van der Waals surface area contributed by atoms with Crippen molar-refractivity contribution in [1.29, 1.82) is 0 Å². The van der Waals surface area contributed by atoms with Crippen LogP contribution in [0.15, 0.2) is 0 Å². The Morgan fingerprint density at radius 2 is 1.65 bits per heavy atom. The third kappa shape index (κ3) is 3.35. The molecule has 0 N–H and O–H groups in total. The first kappa shape index (κ1) is 13.2. The standard InChI is InChI=1S/C13H22ClNO2/c14-10-13(16)15(11-4-2-1-3-5-11)12-6-8-17-9-7-12/h11-12H,1-10H2. The van der Waals surface area contributed by atoms with Crippen molar-refractivity contribution in [2.45, 2.75) is 57.0 Å². The SMILES string of the molecule is O=C(CCl)N(C1CCCCC1)C1CCOCC1. The molecule has 0 aromatic heterocycles. The molecule has 1 saturated heterocycles. The molecule has 0 aromatic rings. The van der Waals surface area contributed by atoms with Gasteiger partial charge in [0.2, 0.25) is 5.91 Å². The van der Waals surface area contributed by atoms with Crippen LogP contribution in [0.3, 0.4) is 0 Å². The van der Waals surface area contributed by atoms with E-state index in [2.05, 4.69) is 4.90 Å². The van der Waals surface area contributed by atoms with Gasteiger partial charge in [-0.2, -0.15) is 0 Å². The molecule has 0 unspecified atom stereocenters. The van der Waals surface area contributed by atoms with E-state index in [0.29, 0.717) is 12.1 Å². The first-order valence-electron chi connectivity index (χ1n) is 6.78. The Morgan fingerprint density at radius 1 is 1.06 bits per heavy atom. The summed E-state index contributed by atoms with van der Waals surface area (Å²) in [5.74, 6) is 0.235. The summed E-state index contributed by atoms with van der Waals surface area (Å²) >= 11 is 5.76. The topological polar surface area (TPSA) is 29.5 Å².